The predicted octanol–water partition coefficient (Wildman–Crippen LogP) is -1.61. The standard InChI is InChI=1S/C5H5NO4/c7-3-2(5(9)10)1-6-4(3)8/h2H,1H2,(H,6,8)(H,9,10). The van der Waals surface area contributed by atoms with Crippen molar-refractivity contribution in [2.45, 2.75) is 0 Å². The first-order chi connectivity index (χ1) is 4.63. The summed E-state index contributed by atoms with van der Waals surface area (Å²) >= 11 is 0. The number of amides is 1. The van der Waals surface area contributed by atoms with Crippen LogP contribution in [0.5, 0.6) is 0 Å². The monoisotopic (exact) mass is 143 g/mol. The van der Waals surface area contributed by atoms with Crippen molar-refractivity contribution in [2.24, 2.45) is 5.92 Å². The summed E-state index contributed by atoms with van der Waals surface area (Å²) in [5, 5.41) is 10.4. The van der Waals surface area contributed by atoms with E-state index in [1.807, 2.05) is 0 Å². The third kappa shape index (κ3) is 0.854. The number of carboxylic acid groups (broad SMARTS) is 1. The van der Waals surface area contributed by atoms with E-state index in [0.29, 0.717) is 0 Å². The van der Waals surface area contributed by atoms with E-state index in [0.717, 1.165) is 0 Å². The minimum absolute atomic E-state index is 0.0764. The fraction of sp³-hybridized carbons (Fsp3) is 0.400. The molecule has 5 nitrogen and oxygen atoms in total. The normalized spacial score (nSPS) is 24.6. The predicted molar refractivity (Wildman–Crippen MR) is 29.1 cm³/mol. The molecular formula is C5H5NO4. The largest absolute Gasteiger partial charge is 0.481 e. The van der Waals surface area contributed by atoms with Gasteiger partial charge in [0.2, 0.25) is 5.78 Å². The zero-order valence-electron chi connectivity index (χ0n) is 4.96. The van der Waals surface area contributed by atoms with Crippen molar-refractivity contribution in [1.82, 2.24) is 5.32 Å². The number of hydrogen-bond acceptors (Lipinski definition) is 3. The summed E-state index contributed by atoms with van der Waals surface area (Å²) in [6.07, 6.45) is 0. The lowest BCUT2D eigenvalue weighted by molar-refractivity contribution is -0.147. The Morgan fingerprint density at radius 2 is 2.20 bits per heavy atom. The van der Waals surface area contributed by atoms with Crippen molar-refractivity contribution in [3.05, 3.63) is 0 Å². The van der Waals surface area contributed by atoms with Crippen molar-refractivity contribution >= 4 is 17.7 Å². The second-order valence-corrected chi connectivity index (χ2v) is 1.97. The minimum Gasteiger partial charge on any atom is -0.481 e. The van der Waals surface area contributed by atoms with Crippen LogP contribution in [0.25, 0.3) is 0 Å². The fourth-order valence-electron chi connectivity index (χ4n) is 0.732. The molecule has 0 aromatic carbocycles. The molecule has 1 rings (SSSR count). The van der Waals surface area contributed by atoms with Gasteiger partial charge in [0.05, 0.1) is 0 Å². The molecular weight excluding hydrogens is 138 g/mol. The Kier molecular flexibility index (Phi) is 1.41. The van der Waals surface area contributed by atoms with Crippen LogP contribution in [-0.4, -0.2) is 29.3 Å². The summed E-state index contributed by atoms with van der Waals surface area (Å²) in [4.78, 5) is 31.1. The first kappa shape index (κ1) is 6.73. The summed E-state index contributed by atoms with van der Waals surface area (Å²) in [6, 6.07) is 0. The SMILES string of the molecule is O=C1NCC(C(=O)O)C1=O. The zero-order chi connectivity index (χ0) is 7.72. The van der Waals surface area contributed by atoms with Crippen LogP contribution in [-0.2, 0) is 14.4 Å². The molecule has 1 atom stereocenters. The van der Waals surface area contributed by atoms with E-state index in [1.54, 1.807) is 0 Å². The molecule has 1 fully saturated rings. The van der Waals surface area contributed by atoms with Gasteiger partial charge in [0.15, 0.2) is 0 Å². The van der Waals surface area contributed by atoms with Crippen LogP contribution in [0, 0.1) is 5.92 Å². The number of carbonyl (C=O) groups excluding carboxylic acids is 2. The second kappa shape index (κ2) is 2.09. The molecule has 10 heavy (non-hydrogen) atoms. The Hall–Kier alpha value is -1.39. The Labute approximate surface area is 56.0 Å². The molecule has 54 valence electrons. The summed E-state index contributed by atoms with van der Waals surface area (Å²) in [5.41, 5.74) is 0. The van der Waals surface area contributed by atoms with Gasteiger partial charge in [0.25, 0.3) is 5.91 Å². The van der Waals surface area contributed by atoms with Crippen LogP contribution in [0.2, 0.25) is 0 Å². The highest BCUT2D eigenvalue weighted by Crippen LogP contribution is 2.03. The van der Waals surface area contributed by atoms with Gasteiger partial charge in [-0.1, -0.05) is 0 Å². The molecule has 0 spiro atoms. The van der Waals surface area contributed by atoms with E-state index in [9.17, 15) is 14.4 Å². The first-order valence-corrected chi connectivity index (χ1v) is 2.68. The lowest BCUT2D eigenvalue weighted by Gasteiger charge is -1.93. The molecule has 1 amide bonds. The molecule has 1 saturated heterocycles. The smallest absolute Gasteiger partial charge is 0.316 e. The molecule has 1 aliphatic rings. The Bertz CT molecular complexity index is 210. The van der Waals surface area contributed by atoms with Crippen molar-refractivity contribution in [3.8, 4) is 0 Å². The van der Waals surface area contributed by atoms with E-state index in [1.165, 1.54) is 0 Å². The summed E-state index contributed by atoms with van der Waals surface area (Å²) in [6.45, 7) is -0.0764. The first-order valence-electron chi connectivity index (χ1n) is 2.68. The van der Waals surface area contributed by atoms with Gasteiger partial charge in [-0.15, -0.1) is 0 Å². The molecule has 1 unspecified atom stereocenters. The lowest BCUT2D eigenvalue weighted by atomic mass is 10.1. The number of nitrogens with one attached hydrogen (secondary N) is 1. The van der Waals surface area contributed by atoms with Crippen LogP contribution in [0.15, 0.2) is 0 Å². The molecule has 0 aromatic rings. The average molecular weight is 143 g/mol. The van der Waals surface area contributed by atoms with Crippen LogP contribution in [0.3, 0.4) is 0 Å². The van der Waals surface area contributed by atoms with Crippen molar-refractivity contribution in [1.29, 1.82) is 0 Å². The average Bonchev–Trinajstić information content (AvgIpc) is 2.14. The highest BCUT2D eigenvalue weighted by Gasteiger charge is 2.37. The lowest BCUT2D eigenvalue weighted by Crippen LogP contribution is -2.23. The number of aliphatic carboxylic acids is 1. The topological polar surface area (TPSA) is 83.5 Å². The minimum atomic E-state index is -1.25. The van der Waals surface area contributed by atoms with Gasteiger partial charge in [0, 0.05) is 6.54 Å². The molecule has 0 saturated carbocycles. The number of ketones is 1. The van der Waals surface area contributed by atoms with Crippen LogP contribution in [0.4, 0.5) is 0 Å². The fourth-order valence-corrected chi connectivity index (χ4v) is 0.732. The molecule has 0 radical (unpaired) electrons. The molecule has 0 bridgehead atoms. The van der Waals surface area contributed by atoms with Gasteiger partial charge >= 0.3 is 5.97 Å². The van der Waals surface area contributed by atoms with Gasteiger partial charge in [-0.05, 0) is 0 Å². The molecule has 2 N–H and O–H groups in total. The number of carbonyl (C=O) groups is 3. The van der Waals surface area contributed by atoms with Crippen LogP contribution >= 0.6 is 0 Å². The quantitative estimate of drug-likeness (QED) is 0.341. The van der Waals surface area contributed by atoms with E-state index >= 15 is 0 Å². The number of rotatable bonds is 1. The van der Waals surface area contributed by atoms with Crippen LogP contribution < -0.4 is 5.32 Å². The highest BCUT2D eigenvalue weighted by atomic mass is 16.4. The van der Waals surface area contributed by atoms with E-state index in [4.69, 9.17) is 5.11 Å². The summed E-state index contributed by atoms with van der Waals surface area (Å²) < 4.78 is 0. The maximum Gasteiger partial charge on any atom is 0.316 e. The summed E-state index contributed by atoms with van der Waals surface area (Å²) in [5.74, 6) is -4.07. The summed E-state index contributed by atoms with van der Waals surface area (Å²) in [7, 11) is 0. The number of carboxylic acids is 1. The van der Waals surface area contributed by atoms with E-state index in [-0.39, 0.29) is 6.54 Å². The van der Waals surface area contributed by atoms with Gasteiger partial charge in [-0.3, -0.25) is 14.4 Å². The van der Waals surface area contributed by atoms with Gasteiger partial charge in [0.1, 0.15) is 5.92 Å². The molecule has 0 aromatic heterocycles. The number of hydrogen-bond donors (Lipinski definition) is 2. The Balaban J connectivity index is 2.76. The van der Waals surface area contributed by atoms with Crippen molar-refractivity contribution in [3.63, 3.8) is 0 Å². The van der Waals surface area contributed by atoms with Gasteiger partial charge in [-0.2, -0.15) is 0 Å². The third-order valence-electron chi connectivity index (χ3n) is 1.31. The Morgan fingerprint density at radius 3 is 2.40 bits per heavy atom. The maximum atomic E-state index is 10.6. The van der Waals surface area contributed by atoms with Gasteiger partial charge in [-0.25, -0.2) is 0 Å². The second-order valence-electron chi connectivity index (χ2n) is 1.97. The van der Waals surface area contributed by atoms with E-state index < -0.39 is 23.6 Å². The van der Waals surface area contributed by atoms with Crippen molar-refractivity contribution in [2.75, 3.05) is 6.54 Å². The molecule has 1 heterocycles. The van der Waals surface area contributed by atoms with Crippen molar-refractivity contribution < 1.29 is 19.5 Å². The molecule has 1 aliphatic heterocycles. The van der Waals surface area contributed by atoms with Crippen LogP contribution in [0.1, 0.15) is 0 Å². The Morgan fingerprint density at radius 1 is 1.60 bits per heavy atom. The highest BCUT2D eigenvalue weighted by molar-refractivity contribution is 6.42. The van der Waals surface area contributed by atoms with Gasteiger partial charge < -0.3 is 10.4 Å². The maximum absolute atomic E-state index is 10.6. The number of Topliss-reactive ketones (excluding diaryl/α,β-unsaturated/α-hetero) is 1. The molecule has 0 aliphatic carbocycles. The molecule has 5 heteroatoms. The van der Waals surface area contributed by atoms with E-state index in [2.05, 4.69) is 5.32 Å². The third-order valence-corrected chi connectivity index (χ3v) is 1.31. The zero-order valence-corrected chi connectivity index (χ0v) is 4.96.